The predicted molar refractivity (Wildman–Crippen MR) is 103 cm³/mol. The average Bonchev–Trinajstić information content (AvgIpc) is 3.03. The molecule has 0 unspecified atom stereocenters. The molecular formula is C21H25NO6. The Balaban J connectivity index is 2.01. The standard InChI is InChI=1S/C21H25NO6/c1-6-12-21(28-17(23)7-2)18(16-13-26-20(3,4)27-16)22(19(21)24)14-8-10-15(25-5)11-9-14/h6-11,16,18H,1-2,12-13H2,3-5H3/t16-,18+,21-/m1/s1. The topological polar surface area (TPSA) is 74.3 Å². The molecule has 0 saturated carbocycles. The number of rotatable bonds is 7. The molecule has 0 aromatic heterocycles. The summed E-state index contributed by atoms with van der Waals surface area (Å²) in [7, 11) is 1.57. The molecular weight excluding hydrogens is 362 g/mol. The third-order valence-corrected chi connectivity index (χ3v) is 4.97. The van der Waals surface area contributed by atoms with E-state index in [1.165, 1.54) is 0 Å². The molecule has 2 fully saturated rings. The van der Waals surface area contributed by atoms with Gasteiger partial charge in [0, 0.05) is 18.2 Å². The Bertz CT molecular complexity index is 787. The van der Waals surface area contributed by atoms with Gasteiger partial charge in [0.15, 0.2) is 5.79 Å². The predicted octanol–water partition coefficient (Wildman–Crippen LogP) is 2.61. The van der Waals surface area contributed by atoms with E-state index in [-0.39, 0.29) is 18.9 Å². The average molecular weight is 387 g/mol. The van der Waals surface area contributed by atoms with Crippen LogP contribution in [0, 0.1) is 0 Å². The first kappa shape index (κ1) is 20.1. The fourth-order valence-corrected chi connectivity index (χ4v) is 3.75. The number of amides is 1. The number of β-lactam (4-membered cyclic amide) rings is 1. The smallest absolute Gasteiger partial charge is 0.331 e. The van der Waals surface area contributed by atoms with E-state index in [1.54, 1.807) is 56.2 Å². The van der Waals surface area contributed by atoms with Gasteiger partial charge in [0.05, 0.1) is 13.7 Å². The molecule has 150 valence electrons. The molecule has 2 aliphatic heterocycles. The molecule has 0 aliphatic carbocycles. The number of hydrogen-bond acceptors (Lipinski definition) is 6. The molecule has 2 heterocycles. The first-order valence-corrected chi connectivity index (χ1v) is 9.04. The maximum Gasteiger partial charge on any atom is 0.331 e. The fraction of sp³-hybridized carbons (Fsp3) is 0.429. The summed E-state index contributed by atoms with van der Waals surface area (Å²) < 4.78 is 22.5. The number of hydrogen-bond donors (Lipinski definition) is 0. The number of methoxy groups -OCH3 is 1. The lowest BCUT2D eigenvalue weighted by Crippen LogP contribution is -2.79. The lowest BCUT2D eigenvalue weighted by Gasteiger charge is -2.55. The van der Waals surface area contributed by atoms with Crippen LogP contribution < -0.4 is 9.64 Å². The molecule has 1 aromatic rings. The summed E-state index contributed by atoms with van der Waals surface area (Å²) in [5.74, 6) is -1.14. The minimum absolute atomic E-state index is 0.156. The summed E-state index contributed by atoms with van der Waals surface area (Å²) >= 11 is 0. The van der Waals surface area contributed by atoms with Crippen molar-refractivity contribution < 1.29 is 28.5 Å². The van der Waals surface area contributed by atoms with Crippen LogP contribution in [0.1, 0.15) is 20.3 Å². The molecule has 28 heavy (non-hydrogen) atoms. The highest BCUT2D eigenvalue weighted by molar-refractivity contribution is 6.10. The summed E-state index contributed by atoms with van der Waals surface area (Å²) in [6.45, 7) is 11.0. The second-order valence-corrected chi connectivity index (χ2v) is 7.19. The van der Waals surface area contributed by atoms with E-state index in [9.17, 15) is 9.59 Å². The number of carbonyl (C=O) groups excluding carboxylic acids is 2. The van der Waals surface area contributed by atoms with Gasteiger partial charge in [-0.25, -0.2) is 4.79 Å². The maximum absolute atomic E-state index is 13.2. The lowest BCUT2D eigenvalue weighted by molar-refractivity contribution is -0.189. The van der Waals surface area contributed by atoms with Crippen LogP contribution in [0.3, 0.4) is 0 Å². The van der Waals surface area contributed by atoms with Gasteiger partial charge in [-0.2, -0.15) is 0 Å². The Kier molecular flexibility index (Phi) is 5.32. The fourth-order valence-electron chi connectivity index (χ4n) is 3.75. The van der Waals surface area contributed by atoms with Gasteiger partial charge in [-0.1, -0.05) is 12.7 Å². The van der Waals surface area contributed by atoms with Crippen LogP contribution in [-0.2, 0) is 23.8 Å². The number of ether oxygens (including phenoxy) is 4. The summed E-state index contributed by atoms with van der Waals surface area (Å²) in [5, 5.41) is 0. The van der Waals surface area contributed by atoms with Crippen molar-refractivity contribution in [2.24, 2.45) is 0 Å². The zero-order chi connectivity index (χ0) is 20.5. The lowest BCUT2D eigenvalue weighted by atomic mass is 9.75. The summed E-state index contributed by atoms with van der Waals surface area (Å²) in [6.07, 6.45) is 2.28. The molecule has 1 amide bonds. The molecule has 3 atom stereocenters. The third kappa shape index (κ3) is 3.31. The van der Waals surface area contributed by atoms with E-state index >= 15 is 0 Å². The van der Waals surface area contributed by atoms with E-state index in [0.29, 0.717) is 11.4 Å². The third-order valence-electron chi connectivity index (χ3n) is 4.97. The Morgan fingerprint density at radius 2 is 2.00 bits per heavy atom. The molecule has 7 heteroatoms. The number of nitrogens with zero attached hydrogens (tertiary/aromatic N) is 1. The van der Waals surface area contributed by atoms with E-state index in [4.69, 9.17) is 18.9 Å². The van der Waals surface area contributed by atoms with Crippen molar-refractivity contribution >= 4 is 17.6 Å². The highest BCUT2D eigenvalue weighted by Gasteiger charge is 2.67. The number of esters is 1. The van der Waals surface area contributed by atoms with Gasteiger partial charge in [-0.15, -0.1) is 6.58 Å². The second-order valence-electron chi connectivity index (χ2n) is 7.19. The van der Waals surface area contributed by atoms with Crippen LogP contribution in [0.2, 0.25) is 0 Å². The SMILES string of the molecule is C=CC[C@]1(OC(=O)C=C)C(=O)N(c2ccc(OC)cc2)[C@H]1[C@H]1COC(C)(C)O1. The van der Waals surface area contributed by atoms with Crippen LogP contribution >= 0.6 is 0 Å². The van der Waals surface area contributed by atoms with Gasteiger partial charge in [-0.3, -0.25) is 9.69 Å². The van der Waals surface area contributed by atoms with Crippen molar-refractivity contribution in [2.45, 2.75) is 43.8 Å². The molecule has 2 saturated heterocycles. The van der Waals surface area contributed by atoms with Crippen LogP contribution in [0.5, 0.6) is 5.75 Å². The normalized spacial score (nSPS) is 28.4. The minimum atomic E-state index is -1.42. The van der Waals surface area contributed by atoms with Crippen LogP contribution in [0.4, 0.5) is 5.69 Å². The van der Waals surface area contributed by atoms with Gasteiger partial charge in [0.1, 0.15) is 17.9 Å². The number of anilines is 1. The van der Waals surface area contributed by atoms with Crippen molar-refractivity contribution in [3.63, 3.8) is 0 Å². The molecule has 7 nitrogen and oxygen atoms in total. The molecule has 1 aromatic carbocycles. The van der Waals surface area contributed by atoms with Gasteiger partial charge in [0.2, 0.25) is 5.60 Å². The van der Waals surface area contributed by atoms with Crippen molar-refractivity contribution in [1.29, 1.82) is 0 Å². The Morgan fingerprint density at radius 1 is 1.32 bits per heavy atom. The zero-order valence-corrected chi connectivity index (χ0v) is 16.3. The quantitative estimate of drug-likeness (QED) is 0.310. The van der Waals surface area contributed by atoms with E-state index in [2.05, 4.69) is 13.2 Å². The van der Waals surface area contributed by atoms with Gasteiger partial charge >= 0.3 is 5.97 Å². The summed E-state index contributed by atoms with van der Waals surface area (Å²) in [6, 6.07) is 6.50. The van der Waals surface area contributed by atoms with E-state index < -0.39 is 29.5 Å². The van der Waals surface area contributed by atoms with Gasteiger partial charge in [0.25, 0.3) is 5.91 Å². The van der Waals surface area contributed by atoms with Crippen molar-refractivity contribution in [3.05, 3.63) is 49.6 Å². The molecule has 0 radical (unpaired) electrons. The molecule has 0 N–H and O–H groups in total. The monoisotopic (exact) mass is 387 g/mol. The second kappa shape index (κ2) is 7.41. The molecule has 3 rings (SSSR count). The number of carbonyl (C=O) groups is 2. The van der Waals surface area contributed by atoms with Crippen LogP contribution in [-0.4, -0.2) is 49.1 Å². The first-order valence-electron chi connectivity index (χ1n) is 9.04. The Hall–Kier alpha value is -2.64. The van der Waals surface area contributed by atoms with Crippen LogP contribution in [0.15, 0.2) is 49.6 Å². The van der Waals surface area contributed by atoms with E-state index in [0.717, 1.165) is 6.08 Å². The Morgan fingerprint density at radius 3 is 2.50 bits per heavy atom. The van der Waals surface area contributed by atoms with Gasteiger partial charge in [-0.05, 0) is 38.1 Å². The minimum Gasteiger partial charge on any atom is -0.497 e. The highest BCUT2D eigenvalue weighted by Crippen LogP contribution is 2.46. The molecule has 0 spiro atoms. The van der Waals surface area contributed by atoms with Crippen LogP contribution in [0.25, 0.3) is 0 Å². The summed E-state index contributed by atoms with van der Waals surface area (Å²) in [5.41, 5.74) is -0.764. The number of benzene rings is 1. The zero-order valence-electron chi connectivity index (χ0n) is 16.3. The van der Waals surface area contributed by atoms with Crippen molar-refractivity contribution in [2.75, 3.05) is 18.6 Å². The van der Waals surface area contributed by atoms with E-state index in [1.807, 2.05) is 0 Å². The largest absolute Gasteiger partial charge is 0.497 e. The summed E-state index contributed by atoms with van der Waals surface area (Å²) in [4.78, 5) is 26.8. The molecule has 0 bridgehead atoms. The maximum atomic E-state index is 13.2. The van der Waals surface area contributed by atoms with Crippen molar-refractivity contribution in [1.82, 2.24) is 0 Å². The Labute approximate surface area is 164 Å². The highest BCUT2D eigenvalue weighted by atomic mass is 16.7. The van der Waals surface area contributed by atoms with Crippen molar-refractivity contribution in [3.8, 4) is 5.75 Å². The molecule has 2 aliphatic rings. The first-order chi connectivity index (χ1) is 13.3. The van der Waals surface area contributed by atoms with Gasteiger partial charge < -0.3 is 18.9 Å².